The minimum absolute atomic E-state index is 0.0594. The van der Waals surface area contributed by atoms with E-state index in [9.17, 15) is 14.3 Å². The third kappa shape index (κ3) is 5.18. The summed E-state index contributed by atoms with van der Waals surface area (Å²) in [5.41, 5.74) is 7.77. The van der Waals surface area contributed by atoms with E-state index < -0.39 is 5.82 Å². The molecule has 3 N–H and O–H groups in total. The number of phenolic OH excluding ortho intramolecular Hbond substituents is 1. The lowest BCUT2D eigenvalue weighted by Crippen LogP contribution is -2.47. The maximum absolute atomic E-state index is 14.8. The summed E-state index contributed by atoms with van der Waals surface area (Å²) >= 11 is 6.52. The van der Waals surface area contributed by atoms with Gasteiger partial charge in [-0.25, -0.2) is 14.2 Å². The molecule has 0 bridgehead atoms. The summed E-state index contributed by atoms with van der Waals surface area (Å²) in [5.74, 6) is 0.238. The summed E-state index contributed by atoms with van der Waals surface area (Å²) in [5, 5.41) is 11.5. The highest BCUT2D eigenvalue weighted by atomic mass is 35.5. The van der Waals surface area contributed by atoms with Gasteiger partial charge in [0.2, 0.25) is 0 Å². The number of aromatic hydroxyl groups is 1. The smallest absolute Gasteiger partial charge is 0.332 e. The number of hydrogen-bond donors (Lipinski definition) is 2. The number of pyridine rings is 1. The van der Waals surface area contributed by atoms with E-state index in [1.165, 1.54) is 21.3 Å². The summed E-state index contributed by atoms with van der Waals surface area (Å²) < 4.78 is 17.7. The monoisotopic (exact) mass is 536 g/mol. The van der Waals surface area contributed by atoms with Crippen molar-refractivity contribution in [3.05, 3.63) is 82.4 Å². The van der Waals surface area contributed by atoms with E-state index in [1.807, 2.05) is 6.07 Å². The van der Waals surface area contributed by atoms with Crippen LogP contribution in [-0.2, 0) is 7.05 Å². The lowest BCUT2D eigenvalue weighted by Gasteiger charge is -2.35. The van der Waals surface area contributed by atoms with Crippen molar-refractivity contribution in [2.24, 2.45) is 12.8 Å². The zero-order valence-corrected chi connectivity index (χ0v) is 21.9. The molecule has 1 aliphatic rings. The largest absolute Gasteiger partial charge is 0.507 e. The van der Waals surface area contributed by atoms with Crippen LogP contribution >= 0.6 is 11.6 Å². The second kappa shape index (κ2) is 11.0. The predicted molar refractivity (Wildman–Crippen MR) is 149 cm³/mol. The molecule has 0 spiro atoms. The Bertz CT molecular complexity index is 1510. The van der Waals surface area contributed by atoms with Crippen molar-refractivity contribution in [1.82, 2.24) is 19.0 Å². The van der Waals surface area contributed by atoms with Crippen LogP contribution in [-0.4, -0.2) is 63.4 Å². The Morgan fingerprint density at radius 2 is 1.74 bits per heavy atom. The predicted octanol–water partition coefficient (Wildman–Crippen LogP) is 3.87. The summed E-state index contributed by atoms with van der Waals surface area (Å²) in [4.78, 5) is 21.5. The number of nitrogens with zero attached hydrogens (tertiary/aromatic N) is 5. The number of hydrogen-bond acceptors (Lipinski definition) is 6. The van der Waals surface area contributed by atoms with Gasteiger partial charge in [-0.05, 0) is 67.0 Å². The number of aromatic nitrogens is 3. The molecule has 1 fully saturated rings. The van der Waals surface area contributed by atoms with E-state index in [2.05, 4.69) is 14.8 Å². The van der Waals surface area contributed by atoms with Gasteiger partial charge in [-0.1, -0.05) is 17.7 Å². The van der Waals surface area contributed by atoms with Gasteiger partial charge in [0.25, 0.3) is 0 Å². The van der Waals surface area contributed by atoms with Crippen molar-refractivity contribution in [2.75, 3.05) is 44.2 Å². The number of anilines is 1. The molecule has 10 heteroatoms. The zero-order chi connectivity index (χ0) is 26.8. The number of imidazole rings is 1. The van der Waals surface area contributed by atoms with Gasteiger partial charge < -0.3 is 20.3 Å². The Kier molecular flexibility index (Phi) is 7.51. The van der Waals surface area contributed by atoms with E-state index in [1.54, 1.807) is 49.9 Å². The van der Waals surface area contributed by atoms with E-state index in [4.69, 9.17) is 17.3 Å². The van der Waals surface area contributed by atoms with E-state index >= 15 is 0 Å². The molecule has 0 atom stereocenters. The standard InChI is InChI=1S/C28H30ClFN6O2/c1-33-9-14-36(28(33)38)25-4-3-19(15-24(25)29)22-17-21(30)18-23(27(22)37)20-5-7-32-26(16-20)35-12-10-34(11-13-35)8-2-6-31/h3-5,7,9,14-18,37H,2,6,8,10-13,31H2,1H3. The molecule has 2 aromatic carbocycles. The van der Waals surface area contributed by atoms with Crippen molar-refractivity contribution >= 4 is 17.4 Å². The minimum atomic E-state index is -0.487. The maximum Gasteiger partial charge on any atom is 0.332 e. The zero-order valence-electron chi connectivity index (χ0n) is 21.1. The molecule has 0 amide bonds. The molecule has 0 radical (unpaired) electrons. The molecule has 0 aliphatic carbocycles. The second-order valence-electron chi connectivity index (χ2n) is 9.45. The van der Waals surface area contributed by atoms with Crippen LogP contribution < -0.4 is 16.3 Å². The van der Waals surface area contributed by atoms with Crippen molar-refractivity contribution in [2.45, 2.75) is 6.42 Å². The first-order valence-corrected chi connectivity index (χ1v) is 12.9. The first-order valence-electron chi connectivity index (χ1n) is 12.6. The van der Waals surface area contributed by atoms with Gasteiger partial charge in [-0.2, -0.15) is 0 Å². The van der Waals surface area contributed by atoms with Gasteiger partial charge in [0.15, 0.2) is 0 Å². The highest BCUT2D eigenvalue weighted by Gasteiger charge is 2.20. The van der Waals surface area contributed by atoms with Crippen LogP contribution in [0.3, 0.4) is 0 Å². The molecule has 1 aliphatic heterocycles. The van der Waals surface area contributed by atoms with Crippen LogP contribution in [0.25, 0.3) is 27.9 Å². The summed E-state index contributed by atoms with van der Waals surface area (Å²) in [6.07, 6.45) is 5.93. The normalized spacial score (nSPS) is 14.3. The molecule has 3 heterocycles. The average molecular weight is 537 g/mol. The Balaban J connectivity index is 1.44. The van der Waals surface area contributed by atoms with E-state index in [0.29, 0.717) is 39.5 Å². The molecule has 5 rings (SSSR count). The van der Waals surface area contributed by atoms with E-state index in [-0.39, 0.29) is 11.4 Å². The SMILES string of the molecule is Cn1ccn(-c2ccc(-c3cc(F)cc(-c4ccnc(N5CCN(CCCN)CC5)c4)c3O)cc2Cl)c1=O. The Morgan fingerprint density at radius 1 is 1.03 bits per heavy atom. The molecule has 38 heavy (non-hydrogen) atoms. The van der Waals surface area contributed by atoms with Crippen LogP contribution in [0, 0.1) is 5.82 Å². The fraction of sp³-hybridized carbons (Fsp3) is 0.286. The number of piperazine rings is 1. The van der Waals surface area contributed by atoms with Crippen LogP contribution in [0.1, 0.15) is 6.42 Å². The fourth-order valence-electron chi connectivity index (χ4n) is 4.83. The lowest BCUT2D eigenvalue weighted by molar-refractivity contribution is 0.256. The molecule has 4 aromatic rings. The number of phenols is 1. The van der Waals surface area contributed by atoms with Gasteiger partial charge in [0.05, 0.1) is 10.7 Å². The van der Waals surface area contributed by atoms with Gasteiger partial charge in [0, 0.05) is 62.9 Å². The second-order valence-corrected chi connectivity index (χ2v) is 9.86. The molecule has 2 aromatic heterocycles. The van der Waals surface area contributed by atoms with Crippen molar-refractivity contribution in [3.63, 3.8) is 0 Å². The Labute approximate surface area is 225 Å². The number of aryl methyl sites for hydroxylation is 1. The number of nitrogens with two attached hydrogens (primary N) is 1. The maximum atomic E-state index is 14.8. The van der Waals surface area contributed by atoms with Crippen LogP contribution in [0.5, 0.6) is 5.75 Å². The molecule has 198 valence electrons. The van der Waals surface area contributed by atoms with Gasteiger partial charge in [-0.3, -0.25) is 9.47 Å². The number of rotatable bonds is 7. The first kappa shape index (κ1) is 26.0. The van der Waals surface area contributed by atoms with Crippen LogP contribution in [0.15, 0.2) is 65.8 Å². The third-order valence-corrected chi connectivity index (χ3v) is 7.27. The highest BCUT2D eigenvalue weighted by Crippen LogP contribution is 2.40. The highest BCUT2D eigenvalue weighted by molar-refractivity contribution is 6.32. The molecule has 1 saturated heterocycles. The summed E-state index contributed by atoms with van der Waals surface area (Å²) in [7, 11) is 1.65. The van der Waals surface area contributed by atoms with Crippen LogP contribution in [0.2, 0.25) is 5.02 Å². The van der Waals surface area contributed by atoms with Crippen molar-refractivity contribution in [3.8, 4) is 33.7 Å². The van der Waals surface area contributed by atoms with Gasteiger partial charge >= 0.3 is 5.69 Å². The minimum Gasteiger partial charge on any atom is -0.507 e. The van der Waals surface area contributed by atoms with Crippen LogP contribution in [0.4, 0.5) is 10.2 Å². The quantitative estimate of drug-likeness (QED) is 0.372. The molecule has 0 saturated carbocycles. The number of halogens is 2. The Morgan fingerprint density at radius 3 is 2.37 bits per heavy atom. The lowest BCUT2D eigenvalue weighted by atomic mass is 9.97. The summed E-state index contributed by atoms with van der Waals surface area (Å²) in [6.45, 7) is 5.19. The third-order valence-electron chi connectivity index (χ3n) is 6.97. The van der Waals surface area contributed by atoms with E-state index in [0.717, 1.165) is 45.0 Å². The summed E-state index contributed by atoms with van der Waals surface area (Å²) in [6, 6.07) is 11.3. The Hall–Kier alpha value is -3.66. The van der Waals surface area contributed by atoms with Crippen molar-refractivity contribution < 1.29 is 9.50 Å². The topological polar surface area (TPSA) is 92.6 Å². The van der Waals surface area contributed by atoms with Gasteiger partial charge in [0.1, 0.15) is 17.4 Å². The first-order chi connectivity index (χ1) is 18.4. The average Bonchev–Trinajstić information content (AvgIpc) is 3.26. The molecular formula is C28H30ClFN6O2. The molecule has 8 nitrogen and oxygen atoms in total. The fourth-order valence-corrected chi connectivity index (χ4v) is 5.10. The van der Waals surface area contributed by atoms with Crippen molar-refractivity contribution in [1.29, 1.82) is 0 Å². The number of benzene rings is 2. The van der Waals surface area contributed by atoms with Gasteiger partial charge in [-0.15, -0.1) is 0 Å². The molecular weight excluding hydrogens is 507 g/mol. The molecule has 0 unspecified atom stereocenters.